The third kappa shape index (κ3) is 2.95. The molecule has 0 amide bonds. The minimum atomic E-state index is 0.353. The Labute approximate surface area is 148 Å². The second-order valence-electron chi connectivity index (χ2n) is 5.55. The van der Waals surface area contributed by atoms with E-state index in [1.807, 2.05) is 24.3 Å². The fourth-order valence-electron chi connectivity index (χ4n) is 2.70. The molecule has 0 unspecified atom stereocenters. The lowest BCUT2D eigenvalue weighted by atomic mass is 9.96. The van der Waals surface area contributed by atoms with Crippen LogP contribution in [0.5, 0.6) is 11.5 Å². The van der Waals surface area contributed by atoms with E-state index in [9.17, 15) is 0 Å². The summed E-state index contributed by atoms with van der Waals surface area (Å²) >= 11 is 5.26. The number of hydrogen-bond donors (Lipinski definition) is 0. The highest BCUT2D eigenvalue weighted by atomic mass is 79.9. The lowest BCUT2D eigenvalue weighted by Gasteiger charge is -2.15. The fourth-order valence-corrected chi connectivity index (χ4v) is 4.42. The summed E-state index contributed by atoms with van der Waals surface area (Å²) in [7, 11) is 3.39. The van der Waals surface area contributed by atoms with Gasteiger partial charge in [-0.2, -0.15) is 0 Å². The number of methoxy groups -OCH3 is 2. The molecule has 0 N–H and O–H groups in total. The van der Waals surface area contributed by atoms with E-state index in [4.69, 9.17) is 14.5 Å². The summed E-state index contributed by atoms with van der Waals surface area (Å²) in [6.45, 7) is 4.35. The summed E-state index contributed by atoms with van der Waals surface area (Å²) in [6.07, 6.45) is 0. The first kappa shape index (κ1) is 16.3. The predicted octanol–water partition coefficient (Wildman–Crippen LogP) is 5.87. The number of ether oxygens (including phenoxy) is 2. The predicted molar refractivity (Wildman–Crippen MR) is 99.9 cm³/mol. The van der Waals surface area contributed by atoms with Crippen LogP contribution in [0.4, 0.5) is 0 Å². The quantitative estimate of drug-likeness (QED) is 0.557. The van der Waals surface area contributed by atoms with Crippen molar-refractivity contribution in [2.75, 3.05) is 14.2 Å². The van der Waals surface area contributed by atoms with Crippen LogP contribution in [-0.2, 0) is 0 Å². The van der Waals surface area contributed by atoms with Crippen molar-refractivity contribution in [1.82, 2.24) is 4.98 Å². The van der Waals surface area contributed by atoms with Gasteiger partial charge in [0.1, 0.15) is 16.5 Å². The van der Waals surface area contributed by atoms with Crippen molar-refractivity contribution < 1.29 is 9.47 Å². The number of benzene rings is 2. The van der Waals surface area contributed by atoms with Crippen molar-refractivity contribution in [2.24, 2.45) is 0 Å². The van der Waals surface area contributed by atoms with E-state index in [2.05, 4.69) is 35.8 Å². The Bertz CT molecular complexity index is 858. The molecule has 0 saturated heterocycles. The first-order valence-corrected chi connectivity index (χ1v) is 8.97. The summed E-state index contributed by atoms with van der Waals surface area (Å²) in [5.41, 5.74) is 3.28. The number of rotatable bonds is 4. The Morgan fingerprint density at radius 2 is 1.91 bits per heavy atom. The zero-order valence-electron chi connectivity index (χ0n) is 13.5. The van der Waals surface area contributed by atoms with Gasteiger partial charge in [0, 0.05) is 15.6 Å². The van der Waals surface area contributed by atoms with Crippen LogP contribution in [0.1, 0.15) is 25.3 Å². The molecule has 2 aromatic carbocycles. The zero-order chi connectivity index (χ0) is 16.6. The first-order chi connectivity index (χ1) is 11.0. The van der Waals surface area contributed by atoms with Gasteiger partial charge in [0.05, 0.1) is 24.4 Å². The molecule has 0 spiro atoms. The molecule has 23 heavy (non-hydrogen) atoms. The molecule has 1 aromatic heterocycles. The third-order valence-electron chi connectivity index (χ3n) is 3.75. The Hall–Kier alpha value is -1.59. The Kier molecular flexibility index (Phi) is 4.60. The maximum absolute atomic E-state index is 5.55. The van der Waals surface area contributed by atoms with E-state index < -0.39 is 0 Å². The number of hydrogen-bond acceptors (Lipinski definition) is 4. The SMILES string of the molecule is COc1cc(Br)c2nc(-c3cccc(OC)c3C(C)C)sc2c1. The first-order valence-electron chi connectivity index (χ1n) is 7.36. The molecule has 0 aliphatic rings. The second-order valence-corrected chi connectivity index (χ2v) is 7.44. The van der Waals surface area contributed by atoms with Gasteiger partial charge in [-0.15, -0.1) is 11.3 Å². The van der Waals surface area contributed by atoms with Gasteiger partial charge in [-0.1, -0.05) is 26.0 Å². The number of thiazole rings is 1. The molecular weight excluding hydrogens is 374 g/mol. The summed E-state index contributed by atoms with van der Waals surface area (Å²) in [6, 6.07) is 10.1. The molecule has 5 heteroatoms. The van der Waals surface area contributed by atoms with E-state index in [-0.39, 0.29) is 0 Å². The van der Waals surface area contributed by atoms with Gasteiger partial charge in [-0.05, 0) is 40.0 Å². The maximum atomic E-state index is 5.55. The number of halogens is 1. The molecular formula is C18H18BrNO2S. The standard InChI is InChI=1S/C18H18BrNO2S/c1-10(2)16-12(6-5-7-14(16)22-4)18-20-17-13(19)8-11(21-3)9-15(17)23-18/h5-10H,1-4H3. The fraction of sp³-hybridized carbons (Fsp3) is 0.278. The Morgan fingerprint density at radius 1 is 1.13 bits per heavy atom. The molecule has 120 valence electrons. The normalized spacial score (nSPS) is 11.2. The molecule has 0 saturated carbocycles. The second kappa shape index (κ2) is 6.49. The number of fused-ring (bicyclic) bond motifs is 1. The minimum Gasteiger partial charge on any atom is -0.497 e. The van der Waals surface area contributed by atoms with Gasteiger partial charge in [0.25, 0.3) is 0 Å². The Balaban J connectivity index is 2.23. The summed E-state index contributed by atoms with van der Waals surface area (Å²) < 4.78 is 12.9. The van der Waals surface area contributed by atoms with Crippen molar-refractivity contribution in [2.45, 2.75) is 19.8 Å². The van der Waals surface area contributed by atoms with Crippen LogP contribution < -0.4 is 9.47 Å². The molecule has 0 radical (unpaired) electrons. The molecule has 3 rings (SSSR count). The molecule has 0 aliphatic heterocycles. The summed E-state index contributed by atoms with van der Waals surface area (Å²) in [4.78, 5) is 4.84. The molecule has 3 nitrogen and oxygen atoms in total. The lowest BCUT2D eigenvalue weighted by molar-refractivity contribution is 0.408. The van der Waals surface area contributed by atoms with Crippen LogP contribution in [0.15, 0.2) is 34.8 Å². The van der Waals surface area contributed by atoms with Crippen LogP contribution in [0.25, 0.3) is 20.8 Å². The summed E-state index contributed by atoms with van der Waals surface area (Å²) in [5, 5.41) is 0.997. The molecule has 0 atom stereocenters. The average Bonchev–Trinajstić information content (AvgIpc) is 2.98. The zero-order valence-corrected chi connectivity index (χ0v) is 15.9. The van der Waals surface area contributed by atoms with E-state index in [0.29, 0.717) is 5.92 Å². The van der Waals surface area contributed by atoms with Gasteiger partial charge >= 0.3 is 0 Å². The number of nitrogens with zero attached hydrogens (tertiary/aromatic N) is 1. The van der Waals surface area contributed by atoms with Gasteiger partial charge in [0.2, 0.25) is 0 Å². The van der Waals surface area contributed by atoms with E-state index in [0.717, 1.165) is 36.8 Å². The number of aromatic nitrogens is 1. The largest absolute Gasteiger partial charge is 0.497 e. The van der Waals surface area contributed by atoms with Crippen molar-refractivity contribution in [3.63, 3.8) is 0 Å². The smallest absolute Gasteiger partial charge is 0.125 e. The van der Waals surface area contributed by atoms with Crippen LogP contribution in [0, 0.1) is 0 Å². The highest BCUT2D eigenvalue weighted by Gasteiger charge is 2.18. The van der Waals surface area contributed by atoms with Crippen molar-refractivity contribution in [3.8, 4) is 22.1 Å². The Morgan fingerprint density at radius 3 is 2.57 bits per heavy atom. The lowest BCUT2D eigenvalue weighted by Crippen LogP contribution is -1.97. The molecule has 0 fully saturated rings. The highest BCUT2D eigenvalue weighted by molar-refractivity contribution is 9.10. The van der Waals surface area contributed by atoms with Crippen LogP contribution in [-0.4, -0.2) is 19.2 Å². The van der Waals surface area contributed by atoms with Crippen molar-refractivity contribution in [1.29, 1.82) is 0 Å². The van der Waals surface area contributed by atoms with Gasteiger partial charge < -0.3 is 9.47 Å². The van der Waals surface area contributed by atoms with E-state index in [1.54, 1.807) is 25.6 Å². The van der Waals surface area contributed by atoms with Crippen LogP contribution in [0.3, 0.4) is 0 Å². The van der Waals surface area contributed by atoms with E-state index in [1.165, 1.54) is 5.56 Å². The molecule has 0 aliphatic carbocycles. The summed E-state index contributed by atoms with van der Waals surface area (Å²) in [5.74, 6) is 2.09. The van der Waals surface area contributed by atoms with Crippen LogP contribution in [0.2, 0.25) is 0 Å². The van der Waals surface area contributed by atoms with Crippen molar-refractivity contribution in [3.05, 3.63) is 40.4 Å². The highest BCUT2D eigenvalue weighted by Crippen LogP contribution is 2.41. The molecule has 3 aromatic rings. The van der Waals surface area contributed by atoms with Crippen molar-refractivity contribution >= 4 is 37.5 Å². The monoisotopic (exact) mass is 391 g/mol. The van der Waals surface area contributed by atoms with Gasteiger partial charge in [-0.3, -0.25) is 0 Å². The molecule has 0 bridgehead atoms. The average molecular weight is 392 g/mol. The van der Waals surface area contributed by atoms with Gasteiger partial charge in [0.15, 0.2) is 0 Å². The maximum Gasteiger partial charge on any atom is 0.125 e. The minimum absolute atomic E-state index is 0.353. The topological polar surface area (TPSA) is 31.4 Å². The van der Waals surface area contributed by atoms with Gasteiger partial charge in [-0.25, -0.2) is 4.98 Å². The van der Waals surface area contributed by atoms with E-state index >= 15 is 0 Å². The third-order valence-corrected chi connectivity index (χ3v) is 5.39. The molecule has 1 heterocycles. The van der Waals surface area contributed by atoms with Crippen LogP contribution >= 0.6 is 27.3 Å².